The maximum absolute atomic E-state index is 13.2. The zero-order valence-corrected chi connectivity index (χ0v) is 23.1. The summed E-state index contributed by atoms with van der Waals surface area (Å²) in [6.07, 6.45) is -1.94. The fourth-order valence-electron chi connectivity index (χ4n) is 3.50. The molecule has 1 aromatic rings. The number of ether oxygens (including phenoxy) is 4. The summed E-state index contributed by atoms with van der Waals surface area (Å²) in [5.74, 6) is -0.909. The normalized spacial score (nSPS) is 15.8. The standard InChI is InChI=1S/C24H33BrN2O9/c1-23(2,3)35-21(31)27(22(32)36-24(4,5)6)16-11-10-15(25)18(17(16)19(28)33-7)34-13-14-9-8-12-26(14)20(29)30/h10-11,14H,8-9,12-13H2,1-7H3,(H,29,30). The van der Waals surface area contributed by atoms with Crippen LogP contribution in [0.25, 0.3) is 0 Å². The molecule has 0 aromatic heterocycles. The highest BCUT2D eigenvalue weighted by Crippen LogP contribution is 2.38. The summed E-state index contributed by atoms with van der Waals surface area (Å²) in [4.78, 5) is 52.6. The first-order valence-electron chi connectivity index (χ1n) is 11.3. The zero-order valence-electron chi connectivity index (χ0n) is 21.5. The third-order valence-corrected chi connectivity index (χ3v) is 5.54. The zero-order chi connectivity index (χ0) is 27.4. The molecule has 2 rings (SSSR count). The molecule has 1 aliphatic heterocycles. The predicted octanol–water partition coefficient (Wildman–Crippen LogP) is 5.43. The lowest BCUT2D eigenvalue weighted by Crippen LogP contribution is -2.44. The van der Waals surface area contributed by atoms with Crippen LogP contribution in [-0.4, -0.2) is 71.8 Å². The van der Waals surface area contributed by atoms with Gasteiger partial charge in [-0.05, 0) is 82.4 Å². The molecule has 1 aliphatic rings. The quantitative estimate of drug-likeness (QED) is 0.362. The average Bonchev–Trinajstić information content (AvgIpc) is 3.19. The molecule has 200 valence electrons. The first-order valence-corrected chi connectivity index (χ1v) is 12.1. The van der Waals surface area contributed by atoms with E-state index < -0.39 is 41.5 Å². The maximum atomic E-state index is 13.2. The molecule has 1 heterocycles. The molecule has 0 saturated carbocycles. The van der Waals surface area contributed by atoms with Crippen LogP contribution in [0.1, 0.15) is 64.7 Å². The Morgan fingerprint density at radius 1 is 1.06 bits per heavy atom. The number of benzene rings is 1. The summed E-state index contributed by atoms with van der Waals surface area (Å²) in [5, 5.41) is 9.42. The summed E-state index contributed by atoms with van der Waals surface area (Å²) >= 11 is 3.34. The number of nitrogens with zero attached hydrogens (tertiary/aromatic N) is 2. The van der Waals surface area contributed by atoms with E-state index >= 15 is 0 Å². The van der Waals surface area contributed by atoms with Gasteiger partial charge in [0.25, 0.3) is 0 Å². The molecule has 1 aromatic carbocycles. The summed E-state index contributed by atoms with van der Waals surface area (Å²) < 4.78 is 22.0. The van der Waals surface area contributed by atoms with Crippen LogP contribution in [0, 0.1) is 0 Å². The van der Waals surface area contributed by atoms with Gasteiger partial charge in [-0.3, -0.25) is 0 Å². The van der Waals surface area contributed by atoms with Crippen LogP contribution in [0.3, 0.4) is 0 Å². The molecule has 11 nitrogen and oxygen atoms in total. The van der Waals surface area contributed by atoms with Crippen molar-refractivity contribution in [2.45, 2.75) is 71.6 Å². The van der Waals surface area contributed by atoms with Crippen LogP contribution in [0.15, 0.2) is 16.6 Å². The highest BCUT2D eigenvalue weighted by molar-refractivity contribution is 9.10. The van der Waals surface area contributed by atoms with Crippen molar-refractivity contribution in [1.29, 1.82) is 0 Å². The SMILES string of the molecule is COC(=O)c1c(N(C(=O)OC(C)(C)C)C(=O)OC(C)(C)C)ccc(Br)c1OCC1CCCN1C(=O)O. The molecule has 1 atom stereocenters. The molecule has 12 heteroatoms. The third-order valence-electron chi connectivity index (χ3n) is 4.91. The number of hydrogen-bond acceptors (Lipinski definition) is 8. The second-order valence-corrected chi connectivity index (χ2v) is 11.0. The Bertz CT molecular complexity index is 986. The van der Waals surface area contributed by atoms with Crippen molar-refractivity contribution in [2.24, 2.45) is 0 Å². The van der Waals surface area contributed by atoms with Crippen LogP contribution in [-0.2, 0) is 14.2 Å². The van der Waals surface area contributed by atoms with Gasteiger partial charge >= 0.3 is 24.2 Å². The highest BCUT2D eigenvalue weighted by Gasteiger charge is 2.37. The fraction of sp³-hybridized carbons (Fsp3) is 0.583. The molecule has 0 spiro atoms. The Morgan fingerprint density at radius 3 is 2.08 bits per heavy atom. The lowest BCUT2D eigenvalue weighted by molar-refractivity contribution is 0.0430. The molecule has 1 saturated heterocycles. The molecule has 1 fully saturated rings. The molecular formula is C24H33BrN2O9. The molecule has 0 aliphatic carbocycles. The summed E-state index contributed by atoms with van der Waals surface area (Å²) in [6.45, 7) is 10.1. The Kier molecular flexibility index (Phi) is 9.22. The first-order chi connectivity index (χ1) is 16.6. The Hall–Kier alpha value is -3.02. The van der Waals surface area contributed by atoms with Crippen molar-refractivity contribution >= 4 is 45.9 Å². The number of esters is 1. The Balaban J connectivity index is 2.60. The van der Waals surface area contributed by atoms with Crippen molar-refractivity contribution in [3.63, 3.8) is 0 Å². The second kappa shape index (κ2) is 11.4. The van der Waals surface area contributed by atoms with Gasteiger partial charge in [-0.1, -0.05) is 0 Å². The van der Waals surface area contributed by atoms with Gasteiger partial charge in [-0.2, -0.15) is 4.90 Å². The van der Waals surface area contributed by atoms with E-state index in [1.54, 1.807) is 41.5 Å². The Morgan fingerprint density at radius 2 is 1.61 bits per heavy atom. The molecular weight excluding hydrogens is 540 g/mol. The van der Waals surface area contributed by atoms with Gasteiger partial charge in [0.15, 0.2) is 0 Å². The molecule has 3 amide bonds. The van der Waals surface area contributed by atoms with Crippen LogP contribution >= 0.6 is 15.9 Å². The summed E-state index contributed by atoms with van der Waals surface area (Å²) in [5.41, 5.74) is -2.32. The minimum atomic E-state index is -1.07. The second-order valence-electron chi connectivity index (χ2n) is 10.1. The van der Waals surface area contributed by atoms with Gasteiger partial charge in [0.05, 0.1) is 23.3 Å². The monoisotopic (exact) mass is 572 g/mol. The number of carbonyl (C=O) groups excluding carboxylic acids is 3. The smallest absolute Gasteiger partial charge is 0.424 e. The molecule has 0 radical (unpaired) electrons. The van der Waals surface area contributed by atoms with Gasteiger partial charge in [-0.25, -0.2) is 19.2 Å². The number of likely N-dealkylation sites (tertiary alicyclic amines) is 1. The van der Waals surface area contributed by atoms with Gasteiger partial charge < -0.3 is 29.0 Å². The topological polar surface area (TPSA) is 132 Å². The van der Waals surface area contributed by atoms with Crippen molar-refractivity contribution < 1.29 is 43.2 Å². The number of methoxy groups -OCH3 is 1. The molecule has 36 heavy (non-hydrogen) atoms. The minimum Gasteiger partial charge on any atom is -0.489 e. The molecule has 0 bridgehead atoms. The largest absolute Gasteiger partial charge is 0.489 e. The number of anilines is 1. The number of halogens is 1. The van der Waals surface area contributed by atoms with E-state index in [1.165, 1.54) is 17.0 Å². The van der Waals surface area contributed by atoms with Crippen LogP contribution in [0.4, 0.5) is 20.1 Å². The highest BCUT2D eigenvalue weighted by atomic mass is 79.9. The van der Waals surface area contributed by atoms with E-state index in [-0.39, 0.29) is 23.6 Å². The number of rotatable bonds is 5. The Labute approximate surface area is 218 Å². The van der Waals surface area contributed by atoms with Crippen LogP contribution in [0.5, 0.6) is 5.75 Å². The van der Waals surface area contributed by atoms with Crippen LogP contribution < -0.4 is 9.64 Å². The van der Waals surface area contributed by atoms with Gasteiger partial charge in [0.2, 0.25) is 0 Å². The van der Waals surface area contributed by atoms with Crippen molar-refractivity contribution in [1.82, 2.24) is 4.90 Å². The minimum absolute atomic E-state index is 0.0197. The first kappa shape index (κ1) is 29.2. The number of hydrogen-bond donors (Lipinski definition) is 1. The number of carbonyl (C=O) groups is 4. The summed E-state index contributed by atoms with van der Waals surface area (Å²) in [7, 11) is 1.14. The van der Waals surface area contributed by atoms with Gasteiger partial charge in [0, 0.05) is 6.54 Å². The van der Waals surface area contributed by atoms with E-state index in [1.807, 2.05) is 0 Å². The average molecular weight is 573 g/mol. The molecule has 1 N–H and O–H groups in total. The molecule has 1 unspecified atom stereocenters. The van der Waals surface area contributed by atoms with Gasteiger partial charge in [-0.15, -0.1) is 0 Å². The van der Waals surface area contributed by atoms with E-state index in [4.69, 9.17) is 18.9 Å². The predicted molar refractivity (Wildman–Crippen MR) is 134 cm³/mol. The van der Waals surface area contributed by atoms with E-state index in [9.17, 15) is 24.3 Å². The van der Waals surface area contributed by atoms with Crippen molar-refractivity contribution in [3.8, 4) is 5.75 Å². The lowest BCUT2D eigenvalue weighted by atomic mass is 10.1. The van der Waals surface area contributed by atoms with E-state index in [2.05, 4.69) is 15.9 Å². The number of amides is 3. The lowest BCUT2D eigenvalue weighted by Gasteiger charge is -2.30. The van der Waals surface area contributed by atoms with E-state index in [0.717, 1.165) is 7.11 Å². The van der Waals surface area contributed by atoms with Crippen molar-refractivity contribution in [2.75, 3.05) is 25.2 Å². The van der Waals surface area contributed by atoms with Gasteiger partial charge in [0.1, 0.15) is 29.1 Å². The maximum Gasteiger partial charge on any atom is 0.424 e. The number of imide groups is 1. The third kappa shape index (κ3) is 7.49. The summed E-state index contributed by atoms with van der Waals surface area (Å²) in [6, 6.07) is 2.41. The number of carboxylic acid groups (broad SMARTS) is 1. The van der Waals surface area contributed by atoms with Crippen LogP contribution in [0.2, 0.25) is 0 Å². The van der Waals surface area contributed by atoms with E-state index in [0.29, 0.717) is 28.8 Å². The fourth-order valence-corrected chi connectivity index (χ4v) is 3.95. The van der Waals surface area contributed by atoms with Crippen molar-refractivity contribution in [3.05, 3.63) is 22.2 Å².